The number of aromatic nitrogens is 6. The molecule has 0 spiro atoms. The van der Waals surface area contributed by atoms with E-state index in [1.165, 1.54) is 0 Å². The first-order valence-electron chi connectivity index (χ1n) is 8.50. The molecular weight excluding hydrogens is 403 g/mol. The lowest BCUT2D eigenvalue weighted by atomic mass is 10.3. The van der Waals surface area contributed by atoms with Crippen molar-refractivity contribution >= 4 is 58.4 Å². The van der Waals surface area contributed by atoms with Gasteiger partial charge in [-0.15, -0.1) is 0 Å². The Morgan fingerprint density at radius 2 is 0.964 bits per heavy atom. The third-order valence-electron chi connectivity index (χ3n) is 3.28. The lowest BCUT2D eigenvalue weighted by Crippen LogP contribution is -2.07. The van der Waals surface area contributed by atoms with Crippen molar-refractivity contribution in [2.75, 3.05) is 34.4 Å². The Balaban J connectivity index is 1.70. The number of hydrogen-bond acceptors (Lipinski definition) is 10. The smallest absolute Gasteiger partial charge is 0.233 e. The van der Waals surface area contributed by atoms with E-state index in [9.17, 15) is 0 Å². The maximum Gasteiger partial charge on any atom is 0.233 e. The number of nitrogens with zero attached hydrogens (tertiary/aromatic N) is 6. The molecule has 0 unspecified atom stereocenters. The third kappa shape index (κ3) is 5.51. The molecule has 12 heteroatoms. The standard InChI is InChI=1S/C16H18Cl2N10/c1-3-19-13-23-11(17)25-15(27-13)21-9-5-7-10(8-6-9)22-16-26-12(18)24-14(28-16)20-4-2/h5-8H,3-4H2,1-2H3,(H2,19,21,23,25,27)(H2,20,22,24,26,28). The summed E-state index contributed by atoms with van der Waals surface area (Å²) >= 11 is 11.9. The molecule has 0 aliphatic rings. The summed E-state index contributed by atoms with van der Waals surface area (Å²) in [5.74, 6) is 1.50. The highest BCUT2D eigenvalue weighted by Crippen LogP contribution is 2.21. The lowest BCUT2D eigenvalue weighted by molar-refractivity contribution is 1.02. The molecule has 3 aromatic rings. The van der Waals surface area contributed by atoms with E-state index in [0.717, 1.165) is 11.4 Å². The Bertz CT molecular complexity index is 859. The molecule has 3 rings (SSSR count). The molecule has 0 amide bonds. The molecule has 28 heavy (non-hydrogen) atoms. The van der Waals surface area contributed by atoms with Gasteiger partial charge in [-0.1, -0.05) is 0 Å². The summed E-state index contributed by atoms with van der Waals surface area (Å²) < 4.78 is 0. The van der Waals surface area contributed by atoms with Gasteiger partial charge in [0.15, 0.2) is 0 Å². The number of anilines is 6. The fraction of sp³-hybridized carbons (Fsp3) is 0.250. The predicted octanol–water partition coefficient (Wildman–Crippen LogP) is 3.71. The third-order valence-corrected chi connectivity index (χ3v) is 3.62. The molecule has 0 fully saturated rings. The van der Waals surface area contributed by atoms with Gasteiger partial charge in [-0.05, 0) is 61.3 Å². The second-order valence-corrected chi connectivity index (χ2v) is 6.07. The minimum Gasteiger partial charge on any atom is -0.354 e. The molecule has 0 aliphatic carbocycles. The first kappa shape index (κ1) is 19.8. The first-order chi connectivity index (χ1) is 13.6. The van der Waals surface area contributed by atoms with E-state index in [2.05, 4.69) is 51.2 Å². The predicted molar refractivity (Wildman–Crippen MR) is 111 cm³/mol. The van der Waals surface area contributed by atoms with Crippen LogP contribution in [0.1, 0.15) is 13.8 Å². The van der Waals surface area contributed by atoms with E-state index in [4.69, 9.17) is 23.2 Å². The highest BCUT2D eigenvalue weighted by molar-refractivity contribution is 6.28. The second-order valence-electron chi connectivity index (χ2n) is 5.39. The Hall–Kier alpha value is -2.98. The molecule has 0 saturated carbocycles. The minimum atomic E-state index is 0.106. The van der Waals surface area contributed by atoms with Gasteiger partial charge < -0.3 is 21.3 Å². The minimum absolute atomic E-state index is 0.106. The monoisotopic (exact) mass is 420 g/mol. The zero-order chi connectivity index (χ0) is 19.9. The number of rotatable bonds is 8. The average molecular weight is 421 g/mol. The summed E-state index contributed by atoms with van der Waals surface area (Å²) in [4.78, 5) is 24.6. The number of nitrogens with one attached hydrogen (secondary N) is 4. The van der Waals surface area contributed by atoms with Crippen LogP contribution in [0, 0.1) is 0 Å². The van der Waals surface area contributed by atoms with Crippen LogP contribution in [-0.4, -0.2) is 43.0 Å². The van der Waals surface area contributed by atoms with Gasteiger partial charge >= 0.3 is 0 Å². The van der Waals surface area contributed by atoms with Crippen molar-refractivity contribution in [3.8, 4) is 0 Å². The number of hydrogen-bond donors (Lipinski definition) is 4. The number of benzene rings is 1. The largest absolute Gasteiger partial charge is 0.354 e. The molecule has 1 aromatic carbocycles. The number of halogens is 2. The molecule has 146 valence electrons. The van der Waals surface area contributed by atoms with Gasteiger partial charge in [0.1, 0.15) is 0 Å². The van der Waals surface area contributed by atoms with Gasteiger partial charge in [0, 0.05) is 24.5 Å². The van der Waals surface area contributed by atoms with E-state index in [1.54, 1.807) is 0 Å². The van der Waals surface area contributed by atoms with Gasteiger partial charge in [-0.25, -0.2) is 0 Å². The van der Waals surface area contributed by atoms with Crippen LogP contribution in [0.2, 0.25) is 10.6 Å². The van der Waals surface area contributed by atoms with Gasteiger partial charge in [-0.3, -0.25) is 0 Å². The van der Waals surface area contributed by atoms with Crippen molar-refractivity contribution in [1.29, 1.82) is 0 Å². The van der Waals surface area contributed by atoms with Crippen molar-refractivity contribution in [2.45, 2.75) is 13.8 Å². The molecule has 2 heterocycles. The maximum absolute atomic E-state index is 5.93. The van der Waals surface area contributed by atoms with Crippen LogP contribution in [0.4, 0.5) is 35.2 Å². The van der Waals surface area contributed by atoms with Crippen LogP contribution >= 0.6 is 23.2 Å². The second kappa shape index (κ2) is 9.29. The lowest BCUT2D eigenvalue weighted by Gasteiger charge is -2.09. The zero-order valence-electron chi connectivity index (χ0n) is 15.2. The topological polar surface area (TPSA) is 125 Å². The van der Waals surface area contributed by atoms with Crippen molar-refractivity contribution in [3.63, 3.8) is 0 Å². The quantitative estimate of drug-likeness (QED) is 0.428. The molecule has 0 bridgehead atoms. The maximum atomic E-state index is 5.93. The summed E-state index contributed by atoms with van der Waals surface area (Å²) in [6.07, 6.45) is 0. The fourth-order valence-corrected chi connectivity index (χ4v) is 2.50. The molecule has 0 saturated heterocycles. The van der Waals surface area contributed by atoms with Crippen LogP contribution in [0.15, 0.2) is 24.3 Å². The molecular formula is C16H18Cl2N10. The average Bonchev–Trinajstić information content (AvgIpc) is 2.63. The van der Waals surface area contributed by atoms with Gasteiger partial charge in [0.25, 0.3) is 0 Å². The highest BCUT2D eigenvalue weighted by atomic mass is 35.5. The summed E-state index contributed by atoms with van der Waals surface area (Å²) in [6.45, 7) is 5.24. The van der Waals surface area contributed by atoms with Crippen LogP contribution in [0.25, 0.3) is 0 Å². The van der Waals surface area contributed by atoms with Crippen molar-refractivity contribution < 1.29 is 0 Å². The Morgan fingerprint density at radius 3 is 1.32 bits per heavy atom. The van der Waals surface area contributed by atoms with Gasteiger partial charge in [0.05, 0.1) is 0 Å². The SMILES string of the molecule is CCNc1nc(Cl)nc(Nc2ccc(Nc3nc(Cl)nc(NCC)n3)cc2)n1. The normalized spacial score (nSPS) is 10.4. The summed E-state index contributed by atoms with van der Waals surface area (Å²) in [6, 6.07) is 7.39. The summed E-state index contributed by atoms with van der Waals surface area (Å²) in [5, 5.41) is 12.4. The van der Waals surface area contributed by atoms with Crippen molar-refractivity contribution in [3.05, 3.63) is 34.8 Å². The summed E-state index contributed by atoms with van der Waals surface area (Å²) in [5.41, 5.74) is 1.55. The van der Waals surface area contributed by atoms with E-state index in [1.807, 2.05) is 38.1 Å². The van der Waals surface area contributed by atoms with E-state index in [0.29, 0.717) is 36.9 Å². The molecule has 0 atom stereocenters. The molecule has 4 N–H and O–H groups in total. The molecule has 2 aromatic heterocycles. The Morgan fingerprint density at radius 1 is 0.607 bits per heavy atom. The Kier molecular flexibility index (Phi) is 6.56. The summed E-state index contributed by atoms with van der Waals surface area (Å²) in [7, 11) is 0. The van der Waals surface area contributed by atoms with E-state index in [-0.39, 0.29) is 10.6 Å². The molecule has 10 nitrogen and oxygen atoms in total. The Labute approximate surface area is 171 Å². The molecule has 0 radical (unpaired) electrons. The zero-order valence-corrected chi connectivity index (χ0v) is 16.7. The van der Waals surface area contributed by atoms with Crippen molar-refractivity contribution in [2.24, 2.45) is 0 Å². The van der Waals surface area contributed by atoms with Crippen LogP contribution in [0.3, 0.4) is 0 Å². The van der Waals surface area contributed by atoms with E-state index < -0.39 is 0 Å². The van der Waals surface area contributed by atoms with Crippen LogP contribution in [0.5, 0.6) is 0 Å². The van der Waals surface area contributed by atoms with E-state index >= 15 is 0 Å². The van der Waals surface area contributed by atoms with Crippen molar-refractivity contribution in [1.82, 2.24) is 29.9 Å². The van der Waals surface area contributed by atoms with Gasteiger partial charge in [-0.2, -0.15) is 29.9 Å². The van der Waals surface area contributed by atoms with Crippen LogP contribution in [-0.2, 0) is 0 Å². The fourth-order valence-electron chi connectivity index (χ4n) is 2.18. The highest BCUT2D eigenvalue weighted by Gasteiger charge is 2.07. The molecule has 0 aliphatic heterocycles. The van der Waals surface area contributed by atoms with Crippen LogP contribution < -0.4 is 21.3 Å². The first-order valence-corrected chi connectivity index (χ1v) is 9.26. The van der Waals surface area contributed by atoms with Gasteiger partial charge in [0.2, 0.25) is 34.4 Å².